The molecule has 0 atom stereocenters. The van der Waals surface area contributed by atoms with E-state index in [0.29, 0.717) is 5.69 Å². The van der Waals surface area contributed by atoms with Crippen molar-refractivity contribution < 1.29 is 22.0 Å². The van der Waals surface area contributed by atoms with E-state index in [9.17, 15) is 22.0 Å². The van der Waals surface area contributed by atoms with Gasteiger partial charge < -0.3 is 5.32 Å². The van der Waals surface area contributed by atoms with Crippen LogP contribution in [-0.2, 0) is 10.0 Å². The minimum Gasteiger partial charge on any atom is -0.322 e. The number of carbonyl (C=O) groups is 1. The van der Waals surface area contributed by atoms with E-state index in [1.165, 1.54) is 54.6 Å². The van der Waals surface area contributed by atoms with Crippen molar-refractivity contribution in [2.45, 2.75) is 4.90 Å². The second-order valence-electron chi connectivity index (χ2n) is 5.54. The van der Waals surface area contributed by atoms with Crippen molar-refractivity contribution in [3.05, 3.63) is 90.0 Å². The topological polar surface area (TPSA) is 75.3 Å². The van der Waals surface area contributed by atoms with Crippen molar-refractivity contribution in [1.82, 2.24) is 0 Å². The second kappa shape index (κ2) is 7.55. The summed E-state index contributed by atoms with van der Waals surface area (Å²) in [6, 6.07) is 15.9. The van der Waals surface area contributed by atoms with Crippen molar-refractivity contribution in [2.24, 2.45) is 0 Å². The molecule has 8 heteroatoms. The van der Waals surface area contributed by atoms with Crippen LogP contribution in [0.1, 0.15) is 10.4 Å². The van der Waals surface area contributed by atoms with Crippen molar-refractivity contribution in [3.8, 4) is 0 Å². The van der Waals surface area contributed by atoms with Crippen LogP contribution in [0.25, 0.3) is 0 Å². The Kier molecular flexibility index (Phi) is 5.18. The lowest BCUT2D eigenvalue weighted by Gasteiger charge is -2.13. The van der Waals surface area contributed by atoms with Crippen LogP contribution in [0, 0.1) is 11.6 Å². The third-order valence-corrected chi connectivity index (χ3v) is 5.04. The SMILES string of the molecule is O=C(Nc1ccc(F)cc1)c1ccccc1NS(=O)(=O)c1ccccc1F. The molecule has 2 N–H and O–H groups in total. The Morgan fingerprint density at radius 1 is 0.815 bits per heavy atom. The van der Waals surface area contributed by atoms with Crippen molar-refractivity contribution in [3.63, 3.8) is 0 Å². The maximum atomic E-state index is 13.8. The lowest BCUT2D eigenvalue weighted by atomic mass is 10.1. The minimum atomic E-state index is -4.23. The molecule has 138 valence electrons. The summed E-state index contributed by atoms with van der Waals surface area (Å²) in [5, 5.41) is 2.55. The van der Waals surface area contributed by atoms with Gasteiger partial charge in [-0.1, -0.05) is 24.3 Å². The molecule has 0 aliphatic heterocycles. The van der Waals surface area contributed by atoms with E-state index in [1.54, 1.807) is 6.07 Å². The number of rotatable bonds is 5. The first-order valence-corrected chi connectivity index (χ1v) is 9.28. The average molecular weight is 388 g/mol. The Bertz CT molecular complexity index is 1080. The summed E-state index contributed by atoms with van der Waals surface area (Å²) in [4.78, 5) is 12.0. The van der Waals surface area contributed by atoms with E-state index < -0.39 is 32.5 Å². The third-order valence-electron chi connectivity index (χ3n) is 3.64. The quantitative estimate of drug-likeness (QED) is 0.693. The van der Waals surface area contributed by atoms with Gasteiger partial charge in [0.2, 0.25) is 0 Å². The molecule has 0 heterocycles. The summed E-state index contributed by atoms with van der Waals surface area (Å²) in [7, 11) is -4.23. The molecule has 0 aliphatic carbocycles. The van der Waals surface area contributed by atoms with Gasteiger partial charge in [-0.15, -0.1) is 0 Å². The predicted molar refractivity (Wildman–Crippen MR) is 98.0 cm³/mol. The zero-order chi connectivity index (χ0) is 19.4. The molecule has 3 aromatic carbocycles. The average Bonchev–Trinajstić information content (AvgIpc) is 2.64. The maximum Gasteiger partial charge on any atom is 0.264 e. The number of benzene rings is 3. The molecule has 5 nitrogen and oxygen atoms in total. The van der Waals surface area contributed by atoms with Gasteiger partial charge >= 0.3 is 0 Å². The number of carbonyl (C=O) groups excluding carboxylic acids is 1. The van der Waals surface area contributed by atoms with E-state index in [2.05, 4.69) is 10.0 Å². The molecule has 0 saturated heterocycles. The fourth-order valence-corrected chi connectivity index (χ4v) is 3.52. The van der Waals surface area contributed by atoms with Gasteiger partial charge in [-0.2, -0.15) is 0 Å². The molecule has 0 bridgehead atoms. The fraction of sp³-hybridized carbons (Fsp3) is 0. The van der Waals surface area contributed by atoms with Crippen LogP contribution in [0.5, 0.6) is 0 Å². The molecular formula is C19H14F2N2O3S. The standard InChI is InChI=1S/C19H14F2N2O3S/c20-13-9-11-14(12-10-13)22-19(24)15-5-1-3-7-17(15)23-27(25,26)18-8-4-2-6-16(18)21/h1-12,23H,(H,22,24). The summed E-state index contributed by atoms with van der Waals surface area (Å²) in [6.07, 6.45) is 0. The lowest BCUT2D eigenvalue weighted by molar-refractivity contribution is 0.102. The molecule has 0 fully saturated rings. The first kappa shape index (κ1) is 18.5. The molecule has 0 aromatic heterocycles. The van der Waals surface area contributed by atoms with Crippen LogP contribution in [0.2, 0.25) is 0 Å². The first-order chi connectivity index (χ1) is 12.9. The molecule has 1 amide bonds. The summed E-state index contributed by atoms with van der Waals surface area (Å²) >= 11 is 0. The number of sulfonamides is 1. The predicted octanol–water partition coefficient (Wildman–Crippen LogP) is 4.02. The number of anilines is 2. The molecule has 0 unspecified atom stereocenters. The molecular weight excluding hydrogens is 374 g/mol. The van der Waals surface area contributed by atoms with Crippen LogP contribution in [0.4, 0.5) is 20.2 Å². The van der Waals surface area contributed by atoms with Gasteiger partial charge in [0, 0.05) is 5.69 Å². The second-order valence-corrected chi connectivity index (χ2v) is 7.19. The fourth-order valence-electron chi connectivity index (χ4n) is 2.36. The Labute approximate surface area is 154 Å². The molecule has 0 radical (unpaired) electrons. The van der Waals surface area contributed by atoms with E-state index >= 15 is 0 Å². The number of para-hydroxylation sites is 1. The molecule has 3 rings (SSSR count). The van der Waals surface area contributed by atoms with Gasteiger partial charge in [-0.25, -0.2) is 17.2 Å². The third kappa shape index (κ3) is 4.29. The molecule has 3 aromatic rings. The highest BCUT2D eigenvalue weighted by Gasteiger charge is 2.21. The highest BCUT2D eigenvalue weighted by molar-refractivity contribution is 7.92. The monoisotopic (exact) mass is 388 g/mol. The van der Waals surface area contributed by atoms with Crippen molar-refractivity contribution >= 4 is 27.3 Å². The van der Waals surface area contributed by atoms with E-state index in [0.717, 1.165) is 12.1 Å². The molecule has 0 spiro atoms. The highest BCUT2D eigenvalue weighted by Crippen LogP contribution is 2.22. The van der Waals surface area contributed by atoms with E-state index in [4.69, 9.17) is 0 Å². The van der Waals surface area contributed by atoms with Crippen LogP contribution < -0.4 is 10.0 Å². The molecule has 0 saturated carbocycles. The number of hydrogen-bond acceptors (Lipinski definition) is 3. The summed E-state index contributed by atoms with van der Waals surface area (Å²) in [5.41, 5.74) is 0.357. The largest absolute Gasteiger partial charge is 0.322 e. The smallest absolute Gasteiger partial charge is 0.264 e. The zero-order valence-corrected chi connectivity index (χ0v) is 14.6. The van der Waals surface area contributed by atoms with Gasteiger partial charge in [-0.3, -0.25) is 9.52 Å². The van der Waals surface area contributed by atoms with Gasteiger partial charge in [0.05, 0.1) is 11.3 Å². The maximum absolute atomic E-state index is 13.8. The van der Waals surface area contributed by atoms with E-state index in [1.807, 2.05) is 0 Å². The summed E-state index contributed by atoms with van der Waals surface area (Å²) in [5.74, 6) is -1.96. The first-order valence-electron chi connectivity index (χ1n) is 7.80. The lowest BCUT2D eigenvalue weighted by Crippen LogP contribution is -2.19. The Morgan fingerprint density at radius 2 is 1.44 bits per heavy atom. The van der Waals surface area contributed by atoms with Crippen molar-refractivity contribution in [1.29, 1.82) is 0 Å². The number of halogens is 2. The number of hydrogen-bond donors (Lipinski definition) is 2. The van der Waals surface area contributed by atoms with Gasteiger partial charge in [0.15, 0.2) is 0 Å². The summed E-state index contributed by atoms with van der Waals surface area (Å²) < 4.78 is 54.0. The Morgan fingerprint density at radius 3 is 2.15 bits per heavy atom. The Hall–Kier alpha value is -3.26. The van der Waals surface area contributed by atoms with Gasteiger partial charge in [-0.05, 0) is 48.5 Å². The number of nitrogens with one attached hydrogen (secondary N) is 2. The van der Waals surface area contributed by atoms with Crippen LogP contribution in [0.15, 0.2) is 77.7 Å². The minimum absolute atomic E-state index is 0.0136. The van der Waals surface area contributed by atoms with Gasteiger partial charge in [0.1, 0.15) is 16.5 Å². The van der Waals surface area contributed by atoms with Gasteiger partial charge in [0.25, 0.3) is 15.9 Å². The van der Waals surface area contributed by atoms with Crippen molar-refractivity contribution in [2.75, 3.05) is 10.0 Å². The number of amides is 1. The highest BCUT2D eigenvalue weighted by atomic mass is 32.2. The Balaban J connectivity index is 1.89. The zero-order valence-electron chi connectivity index (χ0n) is 13.8. The van der Waals surface area contributed by atoms with Crippen LogP contribution >= 0.6 is 0 Å². The molecule has 0 aliphatic rings. The van der Waals surface area contributed by atoms with Crippen LogP contribution in [-0.4, -0.2) is 14.3 Å². The van der Waals surface area contributed by atoms with Crippen LogP contribution in [0.3, 0.4) is 0 Å². The molecule has 27 heavy (non-hydrogen) atoms. The van der Waals surface area contributed by atoms with E-state index in [-0.39, 0.29) is 11.3 Å². The normalized spacial score (nSPS) is 11.0. The summed E-state index contributed by atoms with van der Waals surface area (Å²) in [6.45, 7) is 0.